The molecule has 3 aromatic rings. The molecule has 3 rings (SSSR count). The van der Waals surface area contributed by atoms with Gasteiger partial charge in [-0.25, -0.2) is 5.10 Å². The van der Waals surface area contributed by atoms with E-state index in [4.69, 9.17) is 0 Å². The lowest BCUT2D eigenvalue weighted by Gasteiger charge is -2.18. The maximum absolute atomic E-state index is 12.7. The molecule has 5 nitrogen and oxygen atoms in total. The van der Waals surface area contributed by atoms with E-state index in [1.807, 2.05) is 24.3 Å². The average molecular weight is 372 g/mol. The van der Waals surface area contributed by atoms with Crippen molar-refractivity contribution in [2.75, 3.05) is 7.05 Å². The molecule has 0 saturated carbocycles. The minimum absolute atomic E-state index is 0.242. The van der Waals surface area contributed by atoms with Crippen molar-refractivity contribution in [3.63, 3.8) is 0 Å². The standard InChI is InChI=1S/C17H14BrN3O2/c1-21(10-11-6-2-5-9-14(11)18)17(23)15-12-7-3-4-8-13(12)16(22)20-19-15/h2-9H,10H2,1H3,(H,20,22). The van der Waals surface area contributed by atoms with Gasteiger partial charge in [-0.2, -0.15) is 5.10 Å². The van der Waals surface area contributed by atoms with E-state index in [0.717, 1.165) is 10.0 Å². The Morgan fingerprint density at radius 1 is 1.13 bits per heavy atom. The second-order valence-electron chi connectivity index (χ2n) is 5.20. The van der Waals surface area contributed by atoms with Crippen LogP contribution < -0.4 is 5.56 Å². The zero-order chi connectivity index (χ0) is 16.4. The average Bonchev–Trinajstić information content (AvgIpc) is 2.57. The predicted molar refractivity (Wildman–Crippen MR) is 92.3 cm³/mol. The smallest absolute Gasteiger partial charge is 0.274 e. The highest BCUT2D eigenvalue weighted by Gasteiger charge is 2.18. The molecule has 116 valence electrons. The summed E-state index contributed by atoms with van der Waals surface area (Å²) in [6.45, 7) is 0.440. The quantitative estimate of drug-likeness (QED) is 0.769. The minimum Gasteiger partial charge on any atom is -0.336 e. The van der Waals surface area contributed by atoms with Gasteiger partial charge in [-0.3, -0.25) is 9.59 Å². The summed E-state index contributed by atoms with van der Waals surface area (Å²) in [5, 5.41) is 7.36. The number of hydrogen-bond acceptors (Lipinski definition) is 3. The number of aromatic amines is 1. The second kappa shape index (κ2) is 6.34. The van der Waals surface area contributed by atoms with E-state index < -0.39 is 0 Å². The Bertz CT molecular complexity index is 936. The van der Waals surface area contributed by atoms with E-state index in [-0.39, 0.29) is 17.2 Å². The van der Waals surface area contributed by atoms with Gasteiger partial charge in [-0.15, -0.1) is 0 Å². The largest absolute Gasteiger partial charge is 0.336 e. The van der Waals surface area contributed by atoms with Gasteiger partial charge in [0.2, 0.25) is 0 Å². The van der Waals surface area contributed by atoms with Gasteiger partial charge in [-0.1, -0.05) is 52.3 Å². The van der Waals surface area contributed by atoms with Crippen LogP contribution in [0.25, 0.3) is 10.8 Å². The van der Waals surface area contributed by atoms with E-state index >= 15 is 0 Å². The first-order valence-corrected chi connectivity index (χ1v) is 7.83. The molecular formula is C17H14BrN3O2. The van der Waals surface area contributed by atoms with Gasteiger partial charge in [-0.05, 0) is 17.7 Å². The Balaban J connectivity index is 1.96. The number of fused-ring (bicyclic) bond motifs is 1. The van der Waals surface area contributed by atoms with Crippen LogP contribution in [0.15, 0.2) is 57.8 Å². The normalized spacial score (nSPS) is 10.7. The predicted octanol–water partition coefficient (Wildman–Crippen LogP) is 2.96. The Labute approximate surface area is 141 Å². The third kappa shape index (κ3) is 3.03. The number of amides is 1. The Kier molecular flexibility index (Phi) is 4.25. The van der Waals surface area contributed by atoms with Crippen LogP contribution in [0.4, 0.5) is 0 Å². The molecule has 23 heavy (non-hydrogen) atoms. The summed E-state index contributed by atoms with van der Waals surface area (Å²) >= 11 is 3.48. The molecule has 0 fully saturated rings. The summed E-state index contributed by atoms with van der Waals surface area (Å²) in [6.07, 6.45) is 0. The van der Waals surface area contributed by atoms with Crippen LogP contribution in [0.5, 0.6) is 0 Å². The maximum atomic E-state index is 12.7. The van der Waals surface area contributed by atoms with Gasteiger partial charge < -0.3 is 4.90 Å². The van der Waals surface area contributed by atoms with Gasteiger partial charge in [0, 0.05) is 23.5 Å². The molecular weight excluding hydrogens is 358 g/mol. The van der Waals surface area contributed by atoms with Crippen LogP contribution in [0, 0.1) is 0 Å². The van der Waals surface area contributed by atoms with E-state index in [2.05, 4.69) is 26.1 Å². The Morgan fingerprint density at radius 2 is 1.78 bits per heavy atom. The molecule has 6 heteroatoms. The van der Waals surface area contributed by atoms with Crippen LogP contribution in [0.1, 0.15) is 16.1 Å². The lowest BCUT2D eigenvalue weighted by atomic mass is 10.1. The molecule has 0 bridgehead atoms. The first-order chi connectivity index (χ1) is 11.1. The second-order valence-corrected chi connectivity index (χ2v) is 6.05. The van der Waals surface area contributed by atoms with Crippen molar-refractivity contribution < 1.29 is 4.79 Å². The molecule has 0 spiro atoms. The summed E-state index contributed by atoms with van der Waals surface area (Å²) in [5.74, 6) is -0.242. The Morgan fingerprint density at radius 3 is 2.52 bits per heavy atom. The molecule has 0 radical (unpaired) electrons. The molecule has 0 aliphatic rings. The number of benzene rings is 2. The maximum Gasteiger partial charge on any atom is 0.274 e. The highest BCUT2D eigenvalue weighted by atomic mass is 79.9. The van der Waals surface area contributed by atoms with E-state index in [1.165, 1.54) is 0 Å². The third-order valence-corrected chi connectivity index (χ3v) is 4.38. The number of carbonyl (C=O) groups excluding carboxylic acids is 1. The highest BCUT2D eigenvalue weighted by Crippen LogP contribution is 2.19. The topological polar surface area (TPSA) is 66.1 Å². The first kappa shape index (κ1) is 15.4. The number of nitrogens with zero attached hydrogens (tertiary/aromatic N) is 2. The highest BCUT2D eigenvalue weighted by molar-refractivity contribution is 9.10. The van der Waals surface area contributed by atoms with Crippen molar-refractivity contribution >= 4 is 32.6 Å². The number of aromatic nitrogens is 2. The fraction of sp³-hybridized carbons (Fsp3) is 0.118. The monoisotopic (exact) mass is 371 g/mol. The van der Waals surface area contributed by atoms with Crippen molar-refractivity contribution in [2.24, 2.45) is 0 Å². The van der Waals surface area contributed by atoms with Crippen LogP contribution in [-0.2, 0) is 6.54 Å². The number of nitrogens with one attached hydrogen (secondary N) is 1. The number of rotatable bonds is 3. The van der Waals surface area contributed by atoms with E-state index in [0.29, 0.717) is 17.3 Å². The summed E-state index contributed by atoms with van der Waals surface area (Å²) in [6, 6.07) is 14.7. The molecule has 0 atom stereocenters. The molecule has 1 N–H and O–H groups in total. The number of hydrogen-bond donors (Lipinski definition) is 1. The van der Waals surface area contributed by atoms with Gasteiger partial charge in [0.05, 0.1) is 5.39 Å². The molecule has 1 heterocycles. The summed E-state index contributed by atoms with van der Waals surface area (Å²) in [7, 11) is 1.71. The number of halogens is 1. The van der Waals surface area contributed by atoms with E-state index in [9.17, 15) is 9.59 Å². The van der Waals surface area contributed by atoms with Gasteiger partial charge >= 0.3 is 0 Å². The van der Waals surface area contributed by atoms with Crippen LogP contribution >= 0.6 is 15.9 Å². The fourth-order valence-corrected chi connectivity index (χ4v) is 2.82. The van der Waals surface area contributed by atoms with Crippen molar-refractivity contribution in [2.45, 2.75) is 6.54 Å². The van der Waals surface area contributed by atoms with Crippen molar-refractivity contribution in [3.05, 3.63) is 74.6 Å². The third-order valence-electron chi connectivity index (χ3n) is 3.61. The molecule has 0 unspecified atom stereocenters. The van der Waals surface area contributed by atoms with Gasteiger partial charge in [0.15, 0.2) is 5.69 Å². The minimum atomic E-state index is -0.300. The molecule has 2 aromatic carbocycles. The number of carbonyl (C=O) groups is 1. The Hall–Kier alpha value is -2.47. The lowest BCUT2D eigenvalue weighted by molar-refractivity contribution is 0.0780. The zero-order valence-electron chi connectivity index (χ0n) is 12.4. The molecule has 1 aromatic heterocycles. The van der Waals surface area contributed by atoms with Crippen molar-refractivity contribution in [1.82, 2.24) is 15.1 Å². The van der Waals surface area contributed by atoms with E-state index in [1.54, 1.807) is 36.2 Å². The van der Waals surface area contributed by atoms with Gasteiger partial charge in [0.1, 0.15) is 0 Å². The van der Waals surface area contributed by atoms with Crippen LogP contribution in [0.2, 0.25) is 0 Å². The fourth-order valence-electron chi connectivity index (χ4n) is 2.41. The summed E-state index contributed by atoms with van der Waals surface area (Å²) < 4.78 is 0.943. The molecule has 0 aliphatic carbocycles. The van der Waals surface area contributed by atoms with Gasteiger partial charge in [0.25, 0.3) is 11.5 Å². The molecule has 0 aliphatic heterocycles. The molecule has 0 saturated heterocycles. The summed E-state index contributed by atoms with van der Waals surface area (Å²) in [5.41, 5.74) is 0.942. The van der Waals surface area contributed by atoms with Crippen LogP contribution in [-0.4, -0.2) is 28.1 Å². The van der Waals surface area contributed by atoms with Crippen molar-refractivity contribution in [1.29, 1.82) is 0 Å². The lowest BCUT2D eigenvalue weighted by Crippen LogP contribution is -2.28. The zero-order valence-corrected chi connectivity index (χ0v) is 14.0. The molecule has 1 amide bonds. The number of H-pyrrole nitrogens is 1. The SMILES string of the molecule is CN(Cc1ccccc1Br)C(=O)c1n[nH]c(=O)c2ccccc12. The first-order valence-electron chi connectivity index (χ1n) is 7.04. The summed E-state index contributed by atoms with van der Waals surface area (Å²) in [4.78, 5) is 26.1. The van der Waals surface area contributed by atoms with Crippen molar-refractivity contribution in [3.8, 4) is 0 Å². The van der Waals surface area contributed by atoms with Crippen LogP contribution in [0.3, 0.4) is 0 Å².